The number of hydrogen-bond donors (Lipinski definition) is 1. The summed E-state index contributed by atoms with van der Waals surface area (Å²) >= 11 is 0. The number of ether oxygens (including phenoxy) is 3. The highest BCUT2D eigenvalue weighted by atomic mass is 19.1. The summed E-state index contributed by atoms with van der Waals surface area (Å²) in [4.78, 5) is 0. The Morgan fingerprint density at radius 2 is 2.05 bits per heavy atom. The number of hydrogen-bond acceptors (Lipinski definition) is 4. The van der Waals surface area contributed by atoms with Crippen LogP contribution in [0.5, 0.6) is 5.75 Å². The van der Waals surface area contributed by atoms with Crippen molar-refractivity contribution in [3.8, 4) is 5.75 Å². The van der Waals surface area contributed by atoms with E-state index < -0.39 is 0 Å². The van der Waals surface area contributed by atoms with Gasteiger partial charge in [0.1, 0.15) is 0 Å². The van der Waals surface area contributed by atoms with E-state index in [1.807, 2.05) is 0 Å². The molecule has 1 atom stereocenters. The van der Waals surface area contributed by atoms with Crippen molar-refractivity contribution in [3.63, 3.8) is 0 Å². The lowest BCUT2D eigenvalue weighted by atomic mass is 10.1. The first kappa shape index (κ1) is 17.9. The van der Waals surface area contributed by atoms with E-state index >= 15 is 0 Å². The number of halogens is 1. The Morgan fingerprint density at radius 3 is 2.71 bits per heavy atom. The molecule has 0 fully saturated rings. The minimum Gasteiger partial charge on any atom is -0.494 e. The summed E-state index contributed by atoms with van der Waals surface area (Å²) in [5.41, 5.74) is 0.637. The quantitative estimate of drug-likeness (QED) is 0.637. The first-order valence-electron chi connectivity index (χ1n) is 7.34. The predicted molar refractivity (Wildman–Crippen MR) is 81.4 cm³/mol. The van der Waals surface area contributed by atoms with Gasteiger partial charge in [0.05, 0.1) is 26.9 Å². The Hall–Kier alpha value is -1.17. The second kappa shape index (κ2) is 10.5. The molecule has 0 spiro atoms. The van der Waals surface area contributed by atoms with Crippen LogP contribution < -0.4 is 10.1 Å². The normalized spacial score (nSPS) is 12.4. The molecular weight excluding hydrogens is 273 g/mol. The molecule has 0 aromatic heterocycles. The van der Waals surface area contributed by atoms with Crippen molar-refractivity contribution in [2.24, 2.45) is 0 Å². The van der Waals surface area contributed by atoms with Crippen molar-refractivity contribution < 1.29 is 18.6 Å². The van der Waals surface area contributed by atoms with E-state index in [0.717, 1.165) is 13.0 Å². The lowest BCUT2D eigenvalue weighted by molar-refractivity contribution is 0.0586. The third kappa shape index (κ3) is 6.42. The number of rotatable bonds is 11. The largest absolute Gasteiger partial charge is 0.494 e. The molecule has 1 aromatic carbocycles. The van der Waals surface area contributed by atoms with Gasteiger partial charge in [0.15, 0.2) is 11.6 Å². The van der Waals surface area contributed by atoms with Crippen LogP contribution >= 0.6 is 0 Å². The molecule has 1 unspecified atom stereocenters. The molecule has 0 saturated heterocycles. The van der Waals surface area contributed by atoms with Crippen LogP contribution in [0.2, 0.25) is 0 Å². The Bertz CT molecular complexity index is 401. The molecule has 0 aliphatic carbocycles. The van der Waals surface area contributed by atoms with Crippen LogP contribution in [0.1, 0.15) is 18.9 Å². The molecule has 0 saturated carbocycles. The maximum Gasteiger partial charge on any atom is 0.168 e. The van der Waals surface area contributed by atoms with Crippen LogP contribution in [0, 0.1) is 5.82 Å². The average molecular weight is 299 g/mol. The smallest absolute Gasteiger partial charge is 0.168 e. The lowest BCUT2D eigenvalue weighted by Crippen LogP contribution is -2.36. The molecule has 0 bridgehead atoms. The van der Waals surface area contributed by atoms with Crippen LogP contribution in [-0.2, 0) is 15.9 Å². The van der Waals surface area contributed by atoms with Crippen LogP contribution in [0.3, 0.4) is 0 Å². The van der Waals surface area contributed by atoms with Gasteiger partial charge in [0, 0.05) is 13.2 Å². The summed E-state index contributed by atoms with van der Waals surface area (Å²) in [5, 5.41) is 3.39. The molecule has 1 rings (SSSR count). The third-order valence-electron chi connectivity index (χ3n) is 3.16. The summed E-state index contributed by atoms with van der Waals surface area (Å²) in [5.74, 6) is -0.0118. The summed E-state index contributed by atoms with van der Waals surface area (Å²) in [7, 11) is 3.12. The minimum atomic E-state index is -0.291. The Balaban J connectivity index is 2.62. The van der Waals surface area contributed by atoms with Crippen molar-refractivity contribution in [2.75, 3.05) is 40.6 Å². The lowest BCUT2D eigenvalue weighted by Gasteiger charge is -2.19. The van der Waals surface area contributed by atoms with Crippen LogP contribution in [0.4, 0.5) is 4.39 Å². The number of nitrogens with one attached hydrogen (secondary N) is 1. The van der Waals surface area contributed by atoms with E-state index in [4.69, 9.17) is 14.2 Å². The summed E-state index contributed by atoms with van der Waals surface area (Å²) in [6.07, 6.45) is 1.59. The molecule has 0 aliphatic heterocycles. The maximum absolute atomic E-state index is 14.2. The molecule has 0 amide bonds. The van der Waals surface area contributed by atoms with Gasteiger partial charge in [-0.25, -0.2) is 4.39 Å². The van der Waals surface area contributed by atoms with Gasteiger partial charge in [0.2, 0.25) is 0 Å². The topological polar surface area (TPSA) is 39.7 Å². The van der Waals surface area contributed by atoms with E-state index in [2.05, 4.69) is 12.2 Å². The second-order valence-electron chi connectivity index (χ2n) is 4.86. The van der Waals surface area contributed by atoms with E-state index in [1.165, 1.54) is 7.11 Å². The SMILES string of the molecule is CCCNC(COCCOC)Cc1cccc(OC)c1F. The zero-order valence-electron chi connectivity index (χ0n) is 13.2. The zero-order chi connectivity index (χ0) is 15.5. The first-order chi connectivity index (χ1) is 10.2. The molecule has 120 valence electrons. The number of benzene rings is 1. The minimum absolute atomic E-state index is 0.0726. The predicted octanol–water partition coefficient (Wildman–Crippen LogP) is 2.41. The van der Waals surface area contributed by atoms with Crippen molar-refractivity contribution in [3.05, 3.63) is 29.6 Å². The summed E-state index contributed by atoms with van der Waals surface area (Å²) in [6, 6.07) is 5.29. The van der Waals surface area contributed by atoms with Crippen molar-refractivity contribution in [1.82, 2.24) is 5.32 Å². The molecule has 0 aliphatic rings. The van der Waals surface area contributed by atoms with Crippen LogP contribution in [0.25, 0.3) is 0 Å². The molecule has 21 heavy (non-hydrogen) atoms. The van der Waals surface area contributed by atoms with Gasteiger partial charge in [-0.15, -0.1) is 0 Å². The molecule has 0 heterocycles. The van der Waals surface area contributed by atoms with Crippen LogP contribution in [0.15, 0.2) is 18.2 Å². The third-order valence-corrected chi connectivity index (χ3v) is 3.16. The van der Waals surface area contributed by atoms with Gasteiger partial charge in [-0.05, 0) is 31.0 Å². The molecule has 1 aromatic rings. The monoisotopic (exact) mass is 299 g/mol. The van der Waals surface area contributed by atoms with Crippen molar-refractivity contribution in [1.29, 1.82) is 0 Å². The molecular formula is C16H26FNO3. The molecule has 0 radical (unpaired) electrons. The Morgan fingerprint density at radius 1 is 1.24 bits per heavy atom. The van der Waals surface area contributed by atoms with Crippen LogP contribution in [-0.4, -0.2) is 46.6 Å². The van der Waals surface area contributed by atoms with Gasteiger partial charge in [-0.1, -0.05) is 19.1 Å². The Kier molecular flexibility index (Phi) is 8.98. The van der Waals surface area contributed by atoms with Crippen molar-refractivity contribution in [2.45, 2.75) is 25.8 Å². The summed E-state index contributed by atoms with van der Waals surface area (Å²) < 4.78 is 29.7. The first-order valence-corrected chi connectivity index (χ1v) is 7.34. The van der Waals surface area contributed by atoms with Gasteiger partial charge >= 0.3 is 0 Å². The zero-order valence-corrected chi connectivity index (χ0v) is 13.2. The highest BCUT2D eigenvalue weighted by molar-refractivity contribution is 5.31. The molecule has 1 N–H and O–H groups in total. The standard InChI is InChI=1S/C16H26FNO3/c1-4-8-18-14(12-21-10-9-19-2)11-13-6-5-7-15(20-3)16(13)17/h5-7,14,18H,4,8-12H2,1-3H3. The highest BCUT2D eigenvalue weighted by Gasteiger charge is 2.14. The van der Waals surface area contributed by atoms with Gasteiger partial charge in [0.25, 0.3) is 0 Å². The average Bonchev–Trinajstić information content (AvgIpc) is 2.50. The van der Waals surface area contributed by atoms with Gasteiger partial charge < -0.3 is 19.5 Å². The number of methoxy groups -OCH3 is 2. The van der Waals surface area contributed by atoms with E-state index in [9.17, 15) is 4.39 Å². The van der Waals surface area contributed by atoms with Crippen molar-refractivity contribution >= 4 is 0 Å². The molecule has 5 heteroatoms. The van der Waals surface area contributed by atoms with Gasteiger partial charge in [-0.3, -0.25) is 0 Å². The molecule has 4 nitrogen and oxygen atoms in total. The summed E-state index contributed by atoms with van der Waals surface area (Å²) in [6.45, 7) is 4.61. The Labute approximate surface area is 126 Å². The van der Waals surface area contributed by atoms with E-state index in [0.29, 0.717) is 31.8 Å². The fourth-order valence-corrected chi connectivity index (χ4v) is 2.04. The van der Waals surface area contributed by atoms with E-state index in [-0.39, 0.29) is 17.6 Å². The van der Waals surface area contributed by atoms with E-state index in [1.54, 1.807) is 25.3 Å². The fraction of sp³-hybridized carbons (Fsp3) is 0.625. The maximum atomic E-state index is 14.2. The fourth-order valence-electron chi connectivity index (χ4n) is 2.04. The second-order valence-corrected chi connectivity index (χ2v) is 4.86. The highest BCUT2D eigenvalue weighted by Crippen LogP contribution is 2.21. The van der Waals surface area contributed by atoms with Gasteiger partial charge in [-0.2, -0.15) is 0 Å².